The van der Waals surface area contributed by atoms with E-state index in [1.165, 1.54) is 33.4 Å². The van der Waals surface area contributed by atoms with Crippen molar-refractivity contribution in [1.29, 1.82) is 0 Å². The standard InChI is InChI=1S/C26H31NO/c1-18-16-19(2)24(20(3)17-18)14-15-27-21(4)22-10-12-23(13-11-22)25-8-6-7-9-26(25)28-5/h6-13,16-17,21,27H,14-15H2,1-5H3. The zero-order chi connectivity index (χ0) is 20.1. The second kappa shape index (κ2) is 9.07. The highest BCUT2D eigenvalue weighted by Gasteiger charge is 2.09. The van der Waals surface area contributed by atoms with E-state index in [9.17, 15) is 0 Å². The molecule has 0 saturated carbocycles. The molecule has 2 heteroatoms. The van der Waals surface area contributed by atoms with Gasteiger partial charge >= 0.3 is 0 Å². The Bertz CT molecular complexity index is 904. The Balaban J connectivity index is 1.63. The summed E-state index contributed by atoms with van der Waals surface area (Å²) in [4.78, 5) is 0. The molecule has 28 heavy (non-hydrogen) atoms. The average molecular weight is 374 g/mol. The van der Waals surface area contributed by atoms with Crippen molar-refractivity contribution in [3.63, 3.8) is 0 Å². The van der Waals surface area contributed by atoms with Crippen LogP contribution in [-0.4, -0.2) is 13.7 Å². The first-order valence-electron chi connectivity index (χ1n) is 10.0. The number of benzene rings is 3. The Morgan fingerprint density at radius 2 is 1.54 bits per heavy atom. The van der Waals surface area contributed by atoms with E-state index in [1.54, 1.807) is 7.11 Å². The summed E-state index contributed by atoms with van der Waals surface area (Å²) in [6.45, 7) is 9.80. The predicted octanol–water partition coefficient (Wildman–Crippen LogP) is 6.18. The molecule has 0 saturated heterocycles. The van der Waals surface area contributed by atoms with Gasteiger partial charge in [0.1, 0.15) is 5.75 Å². The van der Waals surface area contributed by atoms with E-state index in [2.05, 4.69) is 75.5 Å². The van der Waals surface area contributed by atoms with Crippen molar-refractivity contribution < 1.29 is 4.74 Å². The lowest BCUT2D eigenvalue weighted by Gasteiger charge is -2.17. The molecule has 1 unspecified atom stereocenters. The van der Waals surface area contributed by atoms with Crippen LogP contribution in [-0.2, 0) is 6.42 Å². The van der Waals surface area contributed by atoms with Gasteiger partial charge in [0.25, 0.3) is 0 Å². The number of aryl methyl sites for hydroxylation is 3. The number of hydrogen-bond acceptors (Lipinski definition) is 2. The van der Waals surface area contributed by atoms with Crippen LogP contribution in [0.15, 0.2) is 60.7 Å². The first-order valence-corrected chi connectivity index (χ1v) is 10.0. The van der Waals surface area contributed by atoms with Crippen LogP contribution < -0.4 is 10.1 Å². The monoisotopic (exact) mass is 373 g/mol. The molecule has 0 spiro atoms. The number of methoxy groups -OCH3 is 1. The molecule has 0 aliphatic rings. The van der Waals surface area contributed by atoms with E-state index < -0.39 is 0 Å². The maximum Gasteiger partial charge on any atom is 0.126 e. The normalized spacial score (nSPS) is 12.0. The third-order valence-electron chi connectivity index (χ3n) is 5.49. The highest BCUT2D eigenvalue weighted by atomic mass is 16.5. The van der Waals surface area contributed by atoms with Crippen molar-refractivity contribution in [1.82, 2.24) is 5.32 Å². The van der Waals surface area contributed by atoms with Crippen LogP contribution in [0.2, 0.25) is 0 Å². The van der Waals surface area contributed by atoms with Gasteiger partial charge < -0.3 is 10.1 Å². The van der Waals surface area contributed by atoms with Crippen molar-refractivity contribution in [2.24, 2.45) is 0 Å². The first kappa shape index (κ1) is 20.2. The predicted molar refractivity (Wildman–Crippen MR) is 119 cm³/mol. The lowest BCUT2D eigenvalue weighted by atomic mass is 9.97. The van der Waals surface area contributed by atoms with Gasteiger partial charge in [0.15, 0.2) is 0 Å². The Hall–Kier alpha value is -2.58. The van der Waals surface area contributed by atoms with Crippen molar-refractivity contribution in [3.8, 4) is 16.9 Å². The van der Waals surface area contributed by atoms with Gasteiger partial charge in [-0.2, -0.15) is 0 Å². The van der Waals surface area contributed by atoms with Crippen molar-refractivity contribution in [3.05, 3.63) is 88.5 Å². The number of hydrogen-bond donors (Lipinski definition) is 1. The first-order chi connectivity index (χ1) is 13.5. The number of para-hydroxylation sites is 1. The van der Waals surface area contributed by atoms with Gasteiger partial charge in [0.2, 0.25) is 0 Å². The summed E-state index contributed by atoms with van der Waals surface area (Å²) in [7, 11) is 1.72. The lowest BCUT2D eigenvalue weighted by Crippen LogP contribution is -2.22. The van der Waals surface area contributed by atoms with Crippen LogP contribution >= 0.6 is 0 Å². The van der Waals surface area contributed by atoms with Gasteiger partial charge in [-0.25, -0.2) is 0 Å². The Kier molecular flexibility index (Phi) is 6.53. The zero-order valence-electron chi connectivity index (χ0n) is 17.7. The Morgan fingerprint density at radius 1 is 0.893 bits per heavy atom. The fourth-order valence-electron chi connectivity index (χ4n) is 3.97. The molecule has 0 amide bonds. The maximum atomic E-state index is 5.49. The molecule has 1 atom stereocenters. The van der Waals surface area contributed by atoms with Gasteiger partial charge in [-0.05, 0) is 74.5 Å². The molecule has 0 radical (unpaired) electrons. The van der Waals surface area contributed by atoms with Gasteiger partial charge in [-0.1, -0.05) is 60.2 Å². The molecule has 2 nitrogen and oxygen atoms in total. The third kappa shape index (κ3) is 4.63. The van der Waals surface area contributed by atoms with Crippen LogP contribution in [0.25, 0.3) is 11.1 Å². The van der Waals surface area contributed by atoms with Gasteiger partial charge in [-0.15, -0.1) is 0 Å². The van der Waals surface area contributed by atoms with Crippen LogP contribution in [0.4, 0.5) is 0 Å². The molecule has 0 fully saturated rings. The molecular formula is C26H31NO. The Labute approximate surface area is 169 Å². The molecule has 3 rings (SSSR count). The maximum absolute atomic E-state index is 5.49. The molecule has 3 aromatic carbocycles. The Morgan fingerprint density at radius 3 is 2.18 bits per heavy atom. The minimum atomic E-state index is 0.317. The smallest absolute Gasteiger partial charge is 0.126 e. The summed E-state index contributed by atoms with van der Waals surface area (Å²) < 4.78 is 5.49. The second-order valence-electron chi connectivity index (χ2n) is 7.63. The highest BCUT2D eigenvalue weighted by molar-refractivity contribution is 5.70. The van der Waals surface area contributed by atoms with E-state index in [4.69, 9.17) is 4.74 Å². The molecule has 0 heterocycles. The SMILES string of the molecule is COc1ccccc1-c1ccc(C(C)NCCc2c(C)cc(C)cc2C)cc1. The fraction of sp³-hybridized carbons (Fsp3) is 0.308. The second-order valence-corrected chi connectivity index (χ2v) is 7.63. The summed E-state index contributed by atoms with van der Waals surface area (Å²) in [5.41, 5.74) is 9.21. The van der Waals surface area contributed by atoms with Crippen molar-refractivity contribution in [2.45, 2.75) is 40.2 Å². The number of nitrogens with one attached hydrogen (secondary N) is 1. The van der Waals surface area contributed by atoms with Crippen LogP contribution in [0.1, 0.15) is 40.8 Å². The molecule has 1 N–H and O–H groups in total. The van der Waals surface area contributed by atoms with Gasteiger partial charge in [0, 0.05) is 11.6 Å². The van der Waals surface area contributed by atoms with E-state index in [1.807, 2.05) is 18.2 Å². The largest absolute Gasteiger partial charge is 0.496 e. The minimum Gasteiger partial charge on any atom is -0.496 e. The van der Waals surface area contributed by atoms with E-state index in [-0.39, 0.29) is 0 Å². The third-order valence-corrected chi connectivity index (χ3v) is 5.49. The van der Waals surface area contributed by atoms with E-state index in [0.717, 1.165) is 24.3 Å². The molecule has 0 aliphatic heterocycles. The lowest BCUT2D eigenvalue weighted by molar-refractivity contribution is 0.416. The average Bonchev–Trinajstić information content (AvgIpc) is 2.70. The molecule has 0 aromatic heterocycles. The zero-order valence-corrected chi connectivity index (χ0v) is 17.7. The fourth-order valence-corrected chi connectivity index (χ4v) is 3.97. The summed E-state index contributed by atoms with van der Waals surface area (Å²) in [5.74, 6) is 0.908. The van der Waals surface area contributed by atoms with Crippen molar-refractivity contribution >= 4 is 0 Å². The van der Waals surface area contributed by atoms with Gasteiger partial charge in [-0.3, -0.25) is 0 Å². The quantitative estimate of drug-likeness (QED) is 0.534. The summed E-state index contributed by atoms with van der Waals surface area (Å²) in [5, 5.41) is 3.67. The minimum absolute atomic E-state index is 0.317. The van der Waals surface area contributed by atoms with Crippen LogP contribution in [0, 0.1) is 20.8 Å². The van der Waals surface area contributed by atoms with Crippen LogP contribution in [0.5, 0.6) is 5.75 Å². The van der Waals surface area contributed by atoms with Crippen molar-refractivity contribution in [2.75, 3.05) is 13.7 Å². The summed E-state index contributed by atoms with van der Waals surface area (Å²) in [6, 6.07) is 21.8. The number of rotatable bonds is 7. The molecule has 0 bridgehead atoms. The summed E-state index contributed by atoms with van der Waals surface area (Å²) >= 11 is 0. The number of ether oxygens (including phenoxy) is 1. The molecular weight excluding hydrogens is 342 g/mol. The van der Waals surface area contributed by atoms with E-state index >= 15 is 0 Å². The molecule has 0 aliphatic carbocycles. The highest BCUT2D eigenvalue weighted by Crippen LogP contribution is 2.30. The summed E-state index contributed by atoms with van der Waals surface area (Å²) in [6.07, 6.45) is 1.06. The van der Waals surface area contributed by atoms with Gasteiger partial charge in [0.05, 0.1) is 7.11 Å². The van der Waals surface area contributed by atoms with Crippen LogP contribution in [0.3, 0.4) is 0 Å². The topological polar surface area (TPSA) is 21.3 Å². The van der Waals surface area contributed by atoms with E-state index in [0.29, 0.717) is 6.04 Å². The molecule has 3 aromatic rings. The molecule has 146 valence electrons.